The summed E-state index contributed by atoms with van der Waals surface area (Å²) in [5.41, 5.74) is 1.04. The molecular weight excluding hydrogens is 330 g/mol. The number of benzene rings is 2. The quantitative estimate of drug-likeness (QED) is 0.733. The minimum Gasteiger partial charge on any atom is -0.497 e. The molecule has 1 N–H and O–H groups in total. The first-order chi connectivity index (χ1) is 12.6. The largest absolute Gasteiger partial charge is 0.497 e. The summed E-state index contributed by atoms with van der Waals surface area (Å²) in [5, 5.41) is 3.08. The maximum absolute atomic E-state index is 12.7. The number of carbonyl (C=O) groups is 1. The van der Waals surface area contributed by atoms with Crippen molar-refractivity contribution in [3.8, 4) is 17.2 Å². The molecule has 0 heterocycles. The smallest absolute Gasteiger partial charge is 0.261 e. The summed E-state index contributed by atoms with van der Waals surface area (Å²) in [6, 6.07) is 14.9. The maximum atomic E-state index is 12.7. The molecule has 1 amide bonds. The van der Waals surface area contributed by atoms with E-state index in [1.54, 1.807) is 26.4 Å². The molecule has 140 valence electrons. The van der Waals surface area contributed by atoms with Gasteiger partial charge in [-0.05, 0) is 54.8 Å². The summed E-state index contributed by atoms with van der Waals surface area (Å²) in [6.45, 7) is 3.97. The van der Waals surface area contributed by atoms with Crippen molar-refractivity contribution in [2.45, 2.75) is 38.8 Å². The molecule has 5 heteroatoms. The van der Waals surface area contributed by atoms with E-state index in [0.29, 0.717) is 12.2 Å². The zero-order valence-corrected chi connectivity index (χ0v) is 15.8. The second-order valence-corrected chi connectivity index (χ2v) is 5.93. The monoisotopic (exact) mass is 357 g/mol. The summed E-state index contributed by atoms with van der Waals surface area (Å²) >= 11 is 0. The summed E-state index contributed by atoms with van der Waals surface area (Å²) < 4.78 is 16.2. The first-order valence-corrected chi connectivity index (χ1v) is 8.86. The normalized spacial score (nSPS) is 12.8. The van der Waals surface area contributed by atoms with E-state index >= 15 is 0 Å². The molecule has 26 heavy (non-hydrogen) atoms. The van der Waals surface area contributed by atoms with E-state index in [2.05, 4.69) is 5.32 Å². The van der Waals surface area contributed by atoms with Gasteiger partial charge in [-0.1, -0.05) is 26.0 Å². The fraction of sp³-hybridized carbons (Fsp3) is 0.381. The molecule has 0 aliphatic rings. The van der Waals surface area contributed by atoms with Crippen LogP contribution in [0, 0.1) is 0 Å². The highest BCUT2D eigenvalue weighted by molar-refractivity contribution is 5.81. The molecule has 2 aromatic rings. The van der Waals surface area contributed by atoms with Gasteiger partial charge in [-0.2, -0.15) is 0 Å². The molecule has 2 aromatic carbocycles. The fourth-order valence-corrected chi connectivity index (χ4v) is 2.66. The van der Waals surface area contributed by atoms with Gasteiger partial charge in [0.2, 0.25) is 0 Å². The second-order valence-electron chi connectivity index (χ2n) is 5.93. The lowest BCUT2D eigenvalue weighted by molar-refractivity contribution is -0.128. The molecule has 0 spiro atoms. The number of ether oxygens (including phenoxy) is 3. The van der Waals surface area contributed by atoms with Crippen LogP contribution in [0.4, 0.5) is 0 Å². The molecule has 0 aromatic heterocycles. The highest BCUT2D eigenvalue weighted by Gasteiger charge is 2.22. The van der Waals surface area contributed by atoms with Gasteiger partial charge >= 0.3 is 0 Å². The van der Waals surface area contributed by atoms with E-state index < -0.39 is 6.10 Å². The van der Waals surface area contributed by atoms with Crippen LogP contribution in [0.3, 0.4) is 0 Å². The van der Waals surface area contributed by atoms with Crippen LogP contribution in [-0.4, -0.2) is 26.2 Å². The molecule has 0 bridgehead atoms. The average molecular weight is 357 g/mol. The highest BCUT2D eigenvalue weighted by Crippen LogP contribution is 2.22. The van der Waals surface area contributed by atoms with E-state index in [4.69, 9.17) is 14.2 Å². The predicted octanol–water partition coefficient (Wildman–Crippen LogP) is 4.13. The van der Waals surface area contributed by atoms with Crippen LogP contribution in [0.2, 0.25) is 0 Å². The number of hydrogen-bond acceptors (Lipinski definition) is 4. The van der Waals surface area contributed by atoms with E-state index in [9.17, 15) is 4.79 Å². The molecule has 0 saturated heterocycles. The van der Waals surface area contributed by atoms with Gasteiger partial charge in [0.05, 0.1) is 20.3 Å². The molecule has 2 atom stereocenters. The van der Waals surface area contributed by atoms with Crippen molar-refractivity contribution in [2.75, 3.05) is 14.2 Å². The van der Waals surface area contributed by atoms with Crippen molar-refractivity contribution in [3.05, 3.63) is 54.1 Å². The van der Waals surface area contributed by atoms with Gasteiger partial charge in [-0.3, -0.25) is 4.79 Å². The van der Waals surface area contributed by atoms with E-state index in [1.165, 1.54) is 0 Å². The van der Waals surface area contributed by atoms with Gasteiger partial charge in [-0.25, -0.2) is 0 Å². The molecule has 0 fully saturated rings. The van der Waals surface area contributed by atoms with Gasteiger partial charge in [0.25, 0.3) is 5.91 Å². The standard InChI is InChI=1S/C21H27NO4/c1-5-19(15-7-9-16(24-3)10-8-15)22-21(23)20(6-2)26-18-13-11-17(25-4)12-14-18/h7-14,19-20H,5-6H2,1-4H3,(H,22,23)/t19-,20-/m0/s1. The number of nitrogens with one attached hydrogen (secondary N) is 1. The highest BCUT2D eigenvalue weighted by atomic mass is 16.5. The molecule has 0 aliphatic carbocycles. The Kier molecular flexibility index (Phi) is 7.33. The maximum Gasteiger partial charge on any atom is 0.261 e. The van der Waals surface area contributed by atoms with E-state index in [-0.39, 0.29) is 11.9 Å². The van der Waals surface area contributed by atoms with Crippen LogP contribution < -0.4 is 19.5 Å². The van der Waals surface area contributed by atoms with Crippen molar-refractivity contribution < 1.29 is 19.0 Å². The van der Waals surface area contributed by atoms with E-state index in [0.717, 1.165) is 23.5 Å². The van der Waals surface area contributed by atoms with Gasteiger partial charge < -0.3 is 19.5 Å². The number of hydrogen-bond donors (Lipinski definition) is 1. The zero-order valence-electron chi connectivity index (χ0n) is 15.8. The average Bonchev–Trinajstić information content (AvgIpc) is 2.70. The summed E-state index contributed by atoms with van der Waals surface area (Å²) in [4.78, 5) is 12.7. The van der Waals surface area contributed by atoms with Crippen LogP contribution in [0.5, 0.6) is 17.2 Å². The van der Waals surface area contributed by atoms with E-state index in [1.807, 2.05) is 50.2 Å². The number of methoxy groups -OCH3 is 2. The van der Waals surface area contributed by atoms with Crippen molar-refractivity contribution in [1.29, 1.82) is 0 Å². The SMILES string of the molecule is CC[C@H](Oc1ccc(OC)cc1)C(=O)N[C@@H](CC)c1ccc(OC)cc1. The van der Waals surface area contributed by atoms with Crippen LogP contribution in [0.15, 0.2) is 48.5 Å². The molecule has 5 nitrogen and oxygen atoms in total. The van der Waals surface area contributed by atoms with Gasteiger partial charge in [0, 0.05) is 0 Å². The Labute approximate surface area is 155 Å². The van der Waals surface area contributed by atoms with Crippen molar-refractivity contribution in [3.63, 3.8) is 0 Å². The third-order valence-electron chi connectivity index (χ3n) is 4.24. The Morgan fingerprint density at radius 3 is 1.81 bits per heavy atom. The summed E-state index contributed by atoms with van der Waals surface area (Å²) in [6.07, 6.45) is 0.823. The van der Waals surface area contributed by atoms with Gasteiger partial charge in [0.15, 0.2) is 6.10 Å². The third kappa shape index (κ3) is 5.15. The van der Waals surface area contributed by atoms with Crippen LogP contribution in [0.25, 0.3) is 0 Å². The molecular formula is C21H27NO4. The Hall–Kier alpha value is -2.69. The zero-order chi connectivity index (χ0) is 18.9. The number of carbonyl (C=O) groups excluding carboxylic acids is 1. The summed E-state index contributed by atoms with van der Waals surface area (Å²) in [7, 11) is 3.25. The van der Waals surface area contributed by atoms with Crippen molar-refractivity contribution in [2.24, 2.45) is 0 Å². The van der Waals surface area contributed by atoms with Crippen LogP contribution in [0.1, 0.15) is 38.3 Å². The first kappa shape index (κ1) is 19.6. The first-order valence-electron chi connectivity index (χ1n) is 8.86. The molecule has 0 aliphatic heterocycles. The Bertz CT molecular complexity index is 682. The van der Waals surface area contributed by atoms with Crippen molar-refractivity contribution in [1.82, 2.24) is 5.32 Å². The van der Waals surface area contributed by atoms with Crippen LogP contribution in [-0.2, 0) is 4.79 Å². The minimum atomic E-state index is -0.546. The number of rotatable bonds is 9. The minimum absolute atomic E-state index is 0.0677. The van der Waals surface area contributed by atoms with Gasteiger partial charge in [0.1, 0.15) is 17.2 Å². The van der Waals surface area contributed by atoms with Crippen molar-refractivity contribution >= 4 is 5.91 Å². The molecule has 2 rings (SSSR count). The Morgan fingerprint density at radius 1 is 0.846 bits per heavy atom. The molecule has 0 saturated carbocycles. The summed E-state index contributed by atoms with van der Waals surface area (Å²) in [5.74, 6) is 2.07. The third-order valence-corrected chi connectivity index (χ3v) is 4.24. The second kappa shape index (κ2) is 9.70. The Morgan fingerprint density at radius 2 is 1.35 bits per heavy atom. The van der Waals surface area contributed by atoms with Crippen LogP contribution >= 0.6 is 0 Å². The van der Waals surface area contributed by atoms with Gasteiger partial charge in [-0.15, -0.1) is 0 Å². The lowest BCUT2D eigenvalue weighted by Gasteiger charge is -2.22. The lowest BCUT2D eigenvalue weighted by Crippen LogP contribution is -2.39. The fourth-order valence-electron chi connectivity index (χ4n) is 2.66. The lowest BCUT2D eigenvalue weighted by atomic mass is 10.0. The molecule has 0 radical (unpaired) electrons. The Balaban J connectivity index is 2.03. The number of amides is 1. The topological polar surface area (TPSA) is 56.8 Å². The predicted molar refractivity (Wildman–Crippen MR) is 102 cm³/mol. The molecule has 0 unspecified atom stereocenters.